The van der Waals surface area contributed by atoms with E-state index in [-0.39, 0.29) is 18.1 Å². The maximum absolute atomic E-state index is 13.7. The Balaban J connectivity index is 1.34. The Kier molecular flexibility index (Phi) is 10.3. The van der Waals surface area contributed by atoms with Crippen LogP contribution < -0.4 is 25.0 Å². The highest BCUT2D eigenvalue weighted by Gasteiger charge is 2.30. The SMILES string of the molecule is CCC(=O)NSc1ccc(NCC#Cc2cc3c(Nc4ccc(N5CCOCC5)cc4)cccc3n2CC(F)(F)F)c(OC)c1. The summed E-state index contributed by atoms with van der Waals surface area (Å²) in [6, 6.07) is 20.3. The van der Waals surface area contributed by atoms with E-state index in [2.05, 4.69) is 32.1 Å². The fourth-order valence-corrected chi connectivity index (χ4v) is 5.60. The van der Waals surface area contributed by atoms with Crippen molar-refractivity contribution in [1.82, 2.24) is 9.29 Å². The third-order valence-corrected chi connectivity index (χ3v) is 7.99. The molecule has 0 atom stereocenters. The summed E-state index contributed by atoms with van der Waals surface area (Å²) in [6.07, 6.45) is -4.05. The van der Waals surface area contributed by atoms with Gasteiger partial charge in [0.05, 0.1) is 43.8 Å². The number of benzene rings is 3. The van der Waals surface area contributed by atoms with Crippen molar-refractivity contribution in [2.45, 2.75) is 31.0 Å². The minimum absolute atomic E-state index is 0.0829. The van der Waals surface area contributed by atoms with Gasteiger partial charge < -0.3 is 29.6 Å². The predicted octanol–water partition coefficient (Wildman–Crippen LogP) is 6.79. The second-order valence-electron chi connectivity index (χ2n) is 10.2. The average molecular weight is 638 g/mol. The molecule has 1 amide bonds. The first-order valence-corrected chi connectivity index (χ1v) is 15.3. The van der Waals surface area contributed by atoms with Crippen molar-refractivity contribution in [3.05, 3.63) is 72.4 Å². The van der Waals surface area contributed by atoms with E-state index in [1.165, 1.54) is 23.6 Å². The van der Waals surface area contributed by atoms with E-state index < -0.39 is 12.7 Å². The number of rotatable bonds is 10. The number of alkyl halides is 3. The summed E-state index contributed by atoms with van der Waals surface area (Å²) in [7, 11) is 1.53. The monoisotopic (exact) mass is 637 g/mol. The number of carbonyl (C=O) groups excluding carboxylic acids is 1. The second kappa shape index (κ2) is 14.5. The molecule has 8 nitrogen and oxygen atoms in total. The summed E-state index contributed by atoms with van der Waals surface area (Å²) in [5.74, 6) is 6.36. The van der Waals surface area contributed by atoms with Gasteiger partial charge in [-0.2, -0.15) is 13.2 Å². The fourth-order valence-electron chi connectivity index (χ4n) is 4.92. The third-order valence-electron chi connectivity index (χ3n) is 7.17. The Labute approximate surface area is 264 Å². The van der Waals surface area contributed by atoms with Gasteiger partial charge in [-0.05, 0) is 78.5 Å². The van der Waals surface area contributed by atoms with E-state index in [4.69, 9.17) is 9.47 Å². The molecule has 1 aliphatic rings. The van der Waals surface area contributed by atoms with Crippen LogP contribution >= 0.6 is 11.9 Å². The standard InChI is InChI=1S/C33H34F3N5O3S/c1-3-32(42)39-45-26-13-14-29(31(21-26)43-2)37-15-5-6-25-20-27-28(7-4-8-30(27)41(25)22-33(34,35)36)38-23-9-11-24(12-10-23)40-16-18-44-19-17-40/h4,7-14,20-21,37-38H,3,15-19,22H2,1-2H3,(H,39,42). The average Bonchev–Trinajstić information content (AvgIpc) is 3.39. The quantitative estimate of drug-likeness (QED) is 0.131. The maximum atomic E-state index is 13.7. The molecule has 3 aromatic carbocycles. The minimum atomic E-state index is -4.43. The number of amides is 1. The van der Waals surface area contributed by atoms with Crippen LogP contribution in [0, 0.1) is 11.8 Å². The molecule has 0 radical (unpaired) electrons. The maximum Gasteiger partial charge on any atom is 0.406 e. The van der Waals surface area contributed by atoms with E-state index >= 15 is 0 Å². The van der Waals surface area contributed by atoms with Crippen LogP contribution in [0.4, 0.5) is 35.9 Å². The molecule has 1 aliphatic heterocycles. The fraction of sp³-hybridized carbons (Fsp3) is 0.303. The Hall–Kier alpha value is -4.47. The van der Waals surface area contributed by atoms with Crippen molar-refractivity contribution < 1.29 is 27.4 Å². The van der Waals surface area contributed by atoms with Crippen molar-refractivity contribution in [3.8, 4) is 17.6 Å². The molecule has 236 valence electrons. The highest BCUT2D eigenvalue weighted by molar-refractivity contribution is 7.98. The summed E-state index contributed by atoms with van der Waals surface area (Å²) < 4.78 is 55.8. The number of fused-ring (bicyclic) bond motifs is 1. The number of halogens is 3. The molecular weight excluding hydrogens is 603 g/mol. The van der Waals surface area contributed by atoms with Gasteiger partial charge in [-0.25, -0.2) is 0 Å². The number of carbonyl (C=O) groups is 1. The first-order valence-electron chi connectivity index (χ1n) is 14.5. The van der Waals surface area contributed by atoms with Crippen molar-refractivity contribution in [2.75, 3.05) is 55.5 Å². The van der Waals surface area contributed by atoms with Crippen molar-refractivity contribution in [1.29, 1.82) is 0 Å². The number of ether oxygens (including phenoxy) is 2. The van der Waals surface area contributed by atoms with Gasteiger partial charge >= 0.3 is 6.18 Å². The molecule has 1 saturated heterocycles. The summed E-state index contributed by atoms with van der Waals surface area (Å²) in [6.45, 7) is 3.83. The van der Waals surface area contributed by atoms with Gasteiger partial charge in [0.2, 0.25) is 5.91 Å². The Morgan fingerprint density at radius 3 is 2.53 bits per heavy atom. The molecular formula is C33H34F3N5O3S. The highest BCUT2D eigenvalue weighted by Crippen LogP contribution is 2.33. The number of anilines is 4. The summed E-state index contributed by atoms with van der Waals surface area (Å²) >= 11 is 1.19. The number of nitrogens with zero attached hydrogens (tertiary/aromatic N) is 2. The zero-order valence-electron chi connectivity index (χ0n) is 25.0. The molecule has 12 heteroatoms. The summed E-state index contributed by atoms with van der Waals surface area (Å²) in [5.41, 5.74) is 3.96. The lowest BCUT2D eigenvalue weighted by molar-refractivity contribution is -0.140. The van der Waals surface area contributed by atoms with Crippen molar-refractivity contribution in [3.63, 3.8) is 0 Å². The molecule has 1 aromatic heterocycles. The molecule has 0 aliphatic carbocycles. The van der Waals surface area contributed by atoms with Crippen LogP contribution in [-0.2, 0) is 16.1 Å². The van der Waals surface area contributed by atoms with E-state index in [1.807, 2.05) is 36.4 Å². The number of hydrogen-bond donors (Lipinski definition) is 3. The molecule has 2 heterocycles. The molecule has 4 aromatic rings. The zero-order chi connectivity index (χ0) is 31.8. The lowest BCUT2D eigenvalue weighted by Crippen LogP contribution is -2.36. The van der Waals surface area contributed by atoms with Gasteiger partial charge in [-0.3, -0.25) is 9.52 Å². The second-order valence-corrected chi connectivity index (χ2v) is 11.1. The van der Waals surface area contributed by atoms with E-state index in [9.17, 15) is 18.0 Å². The molecule has 3 N–H and O–H groups in total. The highest BCUT2D eigenvalue weighted by atomic mass is 32.2. The Bertz CT molecular complexity index is 1690. The molecule has 0 saturated carbocycles. The van der Waals surface area contributed by atoms with Crippen LogP contribution in [0.3, 0.4) is 0 Å². The minimum Gasteiger partial charge on any atom is -0.495 e. The molecule has 0 unspecified atom stereocenters. The Morgan fingerprint density at radius 2 is 1.82 bits per heavy atom. The predicted molar refractivity (Wildman–Crippen MR) is 173 cm³/mol. The zero-order valence-corrected chi connectivity index (χ0v) is 25.8. The van der Waals surface area contributed by atoms with Crippen LogP contribution in [0.5, 0.6) is 5.75 Å². The van der Waals surface area contributed by atoms with Gasteiger partial charge in [0.15, 0.2) is 0 Å². The third kappa shape index (κ3) is 8.38. The van der Waals surface area contributed by atoms with Crippen LogP contribution in [0.1, 0.15) is 19.0 Å². The van der Waals surface area contributed by atoms with Crippen LogP contribution in [0.25, 0.3) is 10.9 Å². The van der Waals surface area contributed by atoms with Gasteiger partial charge in [-0.1, -0.05) is 18.9 Å². The lowest BCUT2D eigenvalue weighted by atomic mass is 10.2. The van der Waals surface area contributed by atoms with Crippen LogP contribution in [0.2, 0.25) is 0 Å². The number of aromatic nitrogens is 1. The number of methoxy groups -OCH3 is 1. The first kappa shape index (κ1) is 31.9. The normalized spacial score (nSPS) is 13.2. The topological polar surface area (TPSA) is 79.8 Å². The van der Waals surface area contributed by atoms with Crippen LogP contribution in [0.15, 0.2) is 71.6 Å². The van der Waals surface area contributed by atoms with Crippen molar-refractivity contribution in [2.24, 2.45) is 0 Å². The molecule has 0 bridgehead atoms. The van der Waals surface area contributed by atoms with Gasteiger partial charge in [-0.15, -0.1) is 0 Å². The summed E-state index contributed by atoms with van der Waals surface area (Å²) in [5, 5.41) is 7.17. The van der Waals surface area contributed by atoms with E-state index in [0.717, 1.165) is 29.4 Å². The van der Waals surface area contributed by atoms with E-state index in [1.54, 1.807) is 37.3 Å². The number of morpholine rings is 1. The smallest absolute Gasteiger partial charge is 0.406 e. The molecule has 0 spiro atoms. The van der Waals surface area contributed by atoms with Gasteiger partial charge in [0, 0.05) is 46.9 Å². The first-order chi connectivity index (χ1) is 21.7. The summed E-state index contributed by atoms with van der Waals surface area (Å²) in [4.78, 5) is 14.6. The largest absolute Gasteiger partial charge is 0.495 e. The number of nitrogens with one attached hydrogen (secondary N) is 3. The van der Waals surface area contributed by atoms with E-state index in [0.29, 0.717) is 47.7 Å². The van der Waals surface area contributed by atoms with Crippen LogP contribution in [-0.4, -0.2) is 56.6 Å². The molecule has 5 rings (SSSR count). The lowest BCUT2D eigenvalue weighted by Gasteiger charge is -2.29. The number of hydrogen-bond acceptors (Lipinski definition) is 7. The van der Waals surface area contributed by atoms with Gasteiger partial charge in [0.25, 0.3) is 0 Å². The van der Waals surface area contributed by atoms with Gasteiger partial charge in [0.1, 0.15) is 12.3 Å². The molecule has 1 fully saturated rings. The van der Waals surface area contributed by atoms with Crippen molar-refractivity contribution >= 4 is 51.5 Å². The Morgan fingerprint density at radius 1 is 1.04 bits per heavy atom. The molecule has 45 heavy (non-hydrogen) atoms.